The van der Waals surface area contributed by atoms with Crippen molar-refractivity contribution >= 4 is 46.7 Å². The van der Waals surface area contributed by atoms with E-state index in [1.54, 1.807) is 12.1 Å². The number of hydrogen-bond donors (Lipinski definition) is 2. The molecule has 0 bridgehead atoms. The number of alkyl halides is 3. The van der Waals surface area contributed by atoms with Gasteiger partial charge in [0.15, 0.2) is 0 Å². The van der Waals surface area contributed by atoms with Gasteiger partial charge in [0.1, 0.15) is 0 Å². The van der Waals surface area contributed by atoms with Crippen molar-refractivity contribution in [3.63, 3.8) is 0 Å². The SMILES string of the molecule is CSc1ccccc1NC(=O)CC1Sc2ccc(C(F)(F)F)cc2NC1=O. The molecule has 0 fully saturated rings. The second-order valence-corrected chi connectivity index (χ2v) is 7.85. The normalized spacial score (nSPS) is 16.4. The summed E-state index contributed by atoms with van der Waals surface area (Å²) in [6.07, 6.45) is -2.67. The van der Waals surface area contributed by atoms with Crippen molar-refractivity contribution in [2.75, 3.05) is 16.9 Å². The lowest BCUT2D eigenvalue weighted by Crippen LogP contribution is -2.32. The monoisotopic (exact) mass is 412 g/mol. The minimum absolute atomic E-state index is 0.0837. The molecule has 0 saturated heterocycles. The number of thioether (sulfide) groups is 2. The number of rotatable bonds is 4. The Labute approximate surface area is 162 Å². The molecule has 2 aromatic rings. The molecule has 1 unspecified atom stereocenters. The Bertz CT molecular complexity index is 887. The number of carbonyl (C=O) groups excluding carboxylic acids is 2. The van der Waals surface area contributed by atoms with Crippen molar-refractivity contribution in [1.29, 1.82) is 0 Å². The number of hydrogen-bond acceptors (Lipinski definition) is 4. The zero-order valence-corrected chi connectivity index (χ0v) is 15.7. The number of halogens is 3. The molecular weight excluding hydrogens is 397 g/mol. The molecule has 0 spiro atoms. The van der Waals surface area contributed by atoms with E-state index >= 15 is 0 Å². The number of anilines is 2. The molecule has 3 rings (SSSR count). The van der Waals surface area contributed by atoms with E-state index in [0.717, 1.165) is 28.8 Å². The number of para-hydroxylation sites is 1. The molecule has 4 nitrogen and oxygen atoms in total. The highest BCUT2D eigenvalue weighted by Crippen LogP contribution is 2.40. The van der Waals surface area contributed by atoms with Gasteiger partial charge in [0.2, 0.25) is 11.8 Å². The summed E-state index contributed by atoms with van der Waals surface area (Å²) in [6.45, 7) is 0. The Balaban J connectivity index is 1.70. The summed E-state index contributed by atoms with van der Waals surface area (Å²) in [5.41, 5.74) is -0.0531. The van der Waals surface area contributed by atoms with E-state index in [4.69, 9.17) is 0 Å². The van der Waals surface area contributed by atoms with E-state index in [2.05, 4.69) is 10.6 Å². The molecule has 0 aromatic heterocycles. The Kier molecular flexibility index (Phi) is 5.71. The number of fused-ring (bicyclic) bond motifs is 1. The van der Waals surface area contributed by atoms with E-state index in [0.29, 0.717) is 10.6 Å². The summed E-state index contributed by atoms with van der Waals surface area (Å²) in [7, 11) is 0. The van der Waals surface area contributed by atoms with E-state index < -0.39 is 22.9 Å². The molecule has 0 aliphatic carbocycles. The van der Waals surface area contributed by atoms with Gasteiger partial charge in [-0.3, -0.25) is 9.59 Å². The first-order chi connectivity index (χ1) is 12.8. The fourth-order valence-corrected chi connectivity index (χ4v) is 4.22. The van der Waals surface area contributed by atoms with Crippen LogP contribution in [0.5, 0.6) is 0 Å². The number of carbonyl (C=O) groups is 2. The van der Waals surface area contributed by atoms with Crippen LogP contribution in [0.1, 0.15) is 12.0 Å². The van der Waals surface area contributed by atoms with Gasteiger partial charge in [0.25, 0.3) is 0 Å². The van der Waals surface area contributed by atoms with Gasteiger partial charge in [0.05, 0.1) is 22.2 Å². The van der Waals surface area contributed by atoms with Crippen molar-refractivity contribution in [2.24, 2.45) is 0 Å². The summed E-state index contributed by atoms with van der Waals surface area (Å²) in [4.78, 5) is 26.0. The molecule has 2 N–H and O–H groups in total. The smallest absolute Gasteiger partial charge is 0.325 e. The minimum atomic E-state index is -4.48. The highest BCUT2D eigenvalue weighted by Gasteiger charge is 2.34. The highest BCUT2D eigenvalue weighted by atomic mass is 32.2. The molecule has 142 valence electrons. The minimum Gasteiger partial charge on any atom is -0.325 e. The summed E-state index contributed by atoms with van der Waals surface area (Å²) in [5.74, 6) is -0.820. The van der Waals surface area contributed by atoms with E-state index in [9.17, 15) is 22.8 Å². The second-order valence-electron chi connectivity index (χ2n) is 5.76. The topological polar surface area (TPSA) is 58.2 Å². The van der Waals surface area contributed by atoms with Crippen LogP contribution >= 0.6 is 23.5 Å². The highest BCUT2D eigenvalue weighted by molar-refractivity contribution is 8.01. The average Bonchev–Trinajstić information content (AvgIpc) is 2.61. The quantitative estimate of drug-likeness (QED) is 0.704. The van der Waals surface area contributed by atoms with Gasteiger partial charge in [0, 0.05) is 16.2 Å². The molecule has 27 heavy (non-hydrogen) atoms. The van der Waals surface area contributed by atoms with Crippen molar-refractivity contribution in [3.8, 4) is 0 Å². The van der Waals surface area contributed by atoms with Crippen LogP contribution in [0.2, 0.25) is 0 Å². The lowest BCUT2D eigenvalue weighted by Gasteiger charge is -2.24. The summed E-state index contributed by atoms with van der Waals surface area (Å²) >= 11 is 2.57. The zero-order valence-electron chi connectivity index (χ0n) is 14.1. The van der Waals surface area contributed by atoms with Gasteiger partial charge < -0.3 is 10.6 Å². The molecule has 0 radical (unpaired) electrons. The van der Waals surface area contributed by atoms with Crippen LogP contribution in [0.25, 0.3) is 0 Å². The van der Waals surface area contributed by atoms with Crippen LogP contribution in [0.3, 0.4) is 0 Å². The Morgan fingerprint density at radius 2 is 2.00 bits per heavy atom. The lowest BCUT2D eigenvalue weighted by molar-refractivity contribution is -0.137. The first-order valence-corrected chi connectivity index (χ1v) is 10.00. The maximum Gasteiger partial charge on any atom is 0.416 e. The van der Waals surface area contributed by atoms with Crippen LogP contribution in [0.15, 0.2) is 52.3 Å². The molecule has 1 aliphatic rings. The van der Waals surface area contributed by atoms with E-state index in [1.807, 2.05) is 18.4 Å². The van der Waals surface area contributed by atoms with Crippen molar-refractivity contribution in [3.05, 3.63) is 48.0 Å². The van der Waals surface area contributed by atoms with Crippen LogP contribution in [-0.4, -0.2) is 23.3 Å². The van der Waals surface area contributed by atoms with Gasteiger partial charge in [-0.15, -0.1) is 23.5 Å². The molecule has 2 aromatic carbocycles. The van der Waals surface area contributed by atoms with Gasteiger partial charge in [-0.1, -0.05) is 12.1 Å². The number of benzene rings is 2. The number of amides is 2. The lowest BCUT2D eigenvalue weighted by atomic mass is 10.1. The molecule has 1 atom stereocenters. The van der Waals surface area contributed by atoms with Gasteiger partial charge in [-0.2, -0.15) is 13.2 Å². The first-order valence-electron chi connectivity index (χ1n) is 7.89. The molecule has 9 heteroatoms. The van der Waals surface area contributed by atoms with Crippen molar-refractivity contribution in [2.45, 2.75) is 27.6 Å². The molecule has 0 saturated carbocycles. The molecule has 1 heterocycles. The Morgan fingerprint density at radius 1 is 1.26 bits per heavy atom. The maximum absolute atomic E-state index is 12.8. The van der Waals surface area contributed by atoms with E-state index in [-0.39, 0.29) is 18.0 Å². The van der Waals surface area contributed by atoms with Crippen molar-refractivity contribution < 1.29 is 22.8 Å². The molecule has 2 amide bonds. The largest absolute Gasteiger partial charge is 0.416 e. The second kappa shape index (κ2) is 7.85. The third kappa shape index (κ3) is 4.59. The molecular formula is C18H15F3N2O2S2. The van der Waals surface area contributed by atoms with Gasteiger partial charge >= 0.3 is 6.18 Å². The average molecular weight is 412 g/mol. The van der Waals surface area contributed by atoms with Crippen LogP contribution in [-0.2, 0) is 15.8 Å². The standard InChI is InChI=1S/C18H15F3N2O2S2/c1-26-13-5-3-2-4-11(13)22-16(24)9-15-17(25)23-12-8-10(18(19,20)21)6-7-14(12)27-15/h2-8,15H,9H2,1H3,(H,22,24)(H,23,25). The Hall–Kier alpha value is -2.13. The summed E-state index contributed by atoms with van der Waals surface area (Å²) in [5, 5.41) is 4.54. The fourth-order valence-electron chi connectivity index (χ4n) is 2.58. The van der Waals surface area contributed by atoms with Gasteiger partial charge in [-0.25, -0.2) is 0 Å². The molecule has 1 aliphatic heterocycles. The van der Waals surface area contributed by atoms with Crippen LogP contribution in [0.4, 0.5) is 24.5 Å². The summed E-state index contributed by atoms with van der Waals surface area (Å²) in [6, 6.07) is 10.5. The fraction of sp³-hybridized carbons (Fsp3) is 0.222. The van der Waals surface area contributed by atoms with Crippen LogP contribution < -0.4 is 10.6 Å². The van der Waals surface area contributed by atoms with Gasteiger partial charge in [-0.05, 0) is 36.6 Å². The Morgan fingerprint density at radius 3 is 2.70 bits per heavy atom. The third-order valence-corrected chi connectivity index (χ3v) is 5.95. The predicted molar refractivity (Wildman–Crippen MR) is 101 cm³/mol. The first kappa shape index (κ1) is 19.6. The predicted octanol–water partition coefficient (Wildman–Crippen LogP) is 4.87. The van der Waals surface area contributed by atoms with E-state index in [1.165, 1.54) is 17.8 Å². The zero-order chi connectivity index (χ0) is 19.6. The van der Waals surface area contributed by atoms with Crippen molar-refractivity contribution in [1.82, 2.24) is 0 Å². The van der Waals surface area contributed by atoms with Crippen LogP contribution in [0, 0.1) is 0 Å². The summed E-state index contributed by atoms with van der Waals surface area (Å²) < 4.78 is 38.4. The number of nitrogens with one attached hydrogen (secondary N) is 2. The maximum atomic E-state index is 12.8. The third-order valence-electron chi connectivity index (χ3n) is 3.88.